The van der Waals surface area contributed by atoms with Crippen molar-refractivity contribution in [2.75, 3.05) is 14.2 Å². The van der Waals surface area contributed by atoms with Crippen LogP contribution in [0.4, 0.5) is 0 Å². The summed E-state index contributed by atoms with van der Waals surface area (Å²) in [6.45, 7) is 3.64. The second-order valence-corrected chi connectivity index (χ2v) is 7.55. The molecule has 1 amide bonds. The van der Waals surface area contributed by atoms with Gasteiger partial charge in [0.15, 0.2) is 11.5 Å². The third-order valence-electron chi connectivity index (χ3n) is 4.68. The number of primary amides is 1. The summed E-state index contributed by atoms with van der Waals surface area (Å²) in [6, 6.07) is 6.56. The summed E-state index contributed by atoms with van der Waals surface area (Å²) in [6.07, 6.45) is 1.17. The Morgan fingerprint density at radius 2 is 1.96 bits per heavy atom. The zero-order valence-corrected chi connectivity index (χ0v) is 17.1. The molecule has 7 nitrogen and oxygen atoms in total. The van der Waals surface area contributed by atoms with Crippen LogP contribution in [0.1, 0.15) is 36.2 Å². The van der Waals surface area contributed by atoms with E-state index in [0.717, 1.165) is 16.9 Å². The molecule has 0 aliphatic carbocycles. The van der Waals surface area contributed by atoms with Gasteiger partial charge in [-0.3, -0.25) is 14.2 Å². The number of fused-ring (bicyclic) bond motifs is 1. The number of ether oxygens (including phenoxy) is 2. The van der Waals surface area contributed by atoms with Crippen LogP contribution in [0.2, 0.25) is 0 Å². The molecule has 0 saturated heterocycles. The van der Waals surface area contributed by atoms with Crippen LogP contribution in [0.15, 0.2) is 29.1 Å². The number of carbonyl (C=O) groups excluding carboxylic acids is 1. The molecule has 0 aliphatic rings. The van der Waals surface area contributed by atoms with Gasteiger partial charge in [-0.1, -0.05) is 13.0 Å². The number of hydrogen-bond donors (Lipinski definition) is 1. The van der Waals surface area contributed by atoms with Crippen molar-refractivity contribution in [3.8, 4) is 11.5 Å². The molecular weight excluding hydrogens is 378 g/mol. The fraction of sp³-hybridized carbons (Fsp3) is 0.350. The predicted octanol–water partition coefficient (Wildman–Crippen LogP) is 2.67. The fourth-order valence-electron chi connectivity index (χ4n) is 3.08. The minimum atomic E-state index is -0.801. The fourth-order valence-corrected chi connectivity index (χ4v) is 4.06. The zero-order valence-electron chi connectivity index (χ0n) is 16.3. The molecule has 148 valence electrons. The molecule has 1 aromatic carbocycles. The molecule has 0 aliphatic heterocycles. The first kappa shape index (κ1) is 19.9. The van der Waals surface area contributed by atoms with Crippen LogP contribution in [0.25, 0.3) is 10.2 Å². The van der Waals surface area contributed by atoms with Crippen molar-refractivity contribution in [1.82, 2.24) is 9.55 Å². The van der Waals surface area contributed by atoms with Gasteiger partial charge in [-0.05, 0) is 37.1 Å². The molecule has 0 radical (unpaired) electrons. The Kier molecular flexibility index (Phi) is 5.69. The molecule has 0 spiro atoms. The molecule has 8 heteroatoms. The Labute approximate surface area is 166 Å². The van der Waals surface area contributed by atoms with E-state index in [1.807, 2.05) is 25.1 Å². The first-order chi connectivity index (χ1) is 13.4. The Bertz CT molecular complexity index is 1090. The number of methoxy groups -OCH3 is 2. The molecule has 2 N–H and O–H groups in total. The normalized spacial score (nSPS) is 12.1. The van der Waals surface area contributed by atoms with E-state index in [1.165, 1.54) is 15.9 Å². The predicted molar refractivity (Wildman–Crippen MR) is 110 cm³/mol. The van der Waals surface area contributed by atoms with Gasteiger partial charge in [0.05, 0.1) is 19.6 Å². The molecule has 0 saturated carbocycles. The van der Waals surface area contributed by atoms with Crippen molar-refractivity contribution < 1.29 is 14.3 Å². The maximum absolute atomic E-state index is 13.1. The number of benzene rings is 1. The van der Waals surface area contributed by atoms with Gasteiger partial charge in [0.25, 0.3) is 5.56 Å². The van der Waals surface area contributed by atoms with E-state index in [4.69, 9.17) is 20.2 Å². The molecule has 1 unspecified atom stereocenters. The lowest BCUT2D eigenvalue weighted by Crippen LogP contribution is -2.35. The number of rotatable bonds is 7. The average molecular weight is 401 g/mol. The van der Waals surface area contributed by atoms with Gasteiger partial charge in [-0.2, -0.15) is 0 Å². The van der Waals surface area contributed by atoms with Gasteiger partial charge in [0.2, 0.25) is 5.91 Å². The summed E-state index contributed by atoms with van der Waals surface area (Å²) >= 11 is 1.49. The Morgan fingerprint density at radius 3 is 2.57 bits per heavy atom. The molecule has 1 atom stereocenters. The summed E-state index contributed by atoms with van der Waals surface area (Å²) in [5, 5.41) is 0.519. The third-order valence-corrected chi connectivity index (χ3v) is 5.85. The SMILES string of the molecule is CCc1cc2c(=O)n(C(C)C(N)=O)c(Cc3ccc(OC)c(OC)c3)nc2s1. The lowest BCUT2D eigenvalue weighted by Gasteiger charge is -2.17. The lowest BCUT2D eigenvalue weighted by molar-refractivity contribution is -0.120. The summed E-state index contributed by atoms with van der Waals surface area (Å²) in [5.74, 6) is 1.11. The van der Waals surface area contributed by atoms with Gasteiger partial charge in [-0.15, -0.1) is 11.3 Å². The summed E-state index contributed by atoms with van der Waals surface area (Å²) in [7, 11) is 3.14. The maximum Gasteiger partial charge on any atom is 0.263 e. The van der Waals surface area contributed by atoms with Crippen LogP contribution in [0, 0.1) is 0 Å². The van der Waals surface area contributed by atoms with Crippen molar-refractivity contribution in [2.45, 2.75) is 32.7 Å². The summed E-state index contributed by atoms with van der Waals surface area (Å²) in [5.41, 5.74) is 6.13. The van der Waals surface area contributed by atoms with Crippen LogP contribution in [0.5, 0.6) is 11.5 Å². The van der Waals surface area contributed by atoms with Gasteiger partial charge >= 0.3 is 0 Å². The number of nitrogens with two attached hydrogens (primary N) is 1. The van der Waals surface area contributed by atoms with E-state index in [1.54, 1.807) is 27.2 Å². The molecule has 28 heavy (non-hydrogen) atoms. The van der Waals surface area contributed by atoms with Gasteiger partial charge < -0.3 is 15.2 Å². The Morgan fingerprint density at radius 1 is 1.25 bits per heavy atom. The van der Waals surface area contributed by atoms with Crippen LogP contribution in [-0.2, 0) is 17.6 Å². The highest BCUT2D eigenvalue weighted by Crippen LogP contribution is 2.29. The van der Waals surface area contributed by atoms with Crippen molar-refractivity contribution in [2.24, 2.45) is 5.73 Å². The number of hydrogen-bond acceptors (Lipinski definition) is 6. The molecule has 3 rings (SSSR count). The minimum Gasteiger partial charge on any atom is -0.493 e. The molecule has 0 fully saturated rings. The number of thiophene rings is 1. The van der Waals surface area contributed by atoms with E-state index >= 15 is 0 Å². The highest BCUT2D eigenvalue weighted by atomic mass is 32.1. The maximum atomic E-state index is 13.1. The highest BCUT2D eigenvalue weighted by Gasteiger charge is 2.21. The second kappa shape index (κ2) is 8.02. The molecule has 2 heterocycles. The number of carbonyl (C=O) groups is 1. The van der Waals surface area contributed by atoms with Crippen LogP contribution in [0.3, 0.4) is 0 Å². The summed E-state index contributed by atoms with van der Waals surface area (Å²) in [4.78, 5) is 31.4. The monoisotopic (exact) mass is 401 g/mol. The smallest absolute Gasteiger partial charge is 0.263 e. The van der Waals surface area contributed by atoms with Crippen LogP contribution < -0.4 is 20.8 Å². The largest absolute Gasteiger partial charge is 0.493 e. The van der Waals surface area contributed by atoms with E-state index in [-0.39, 0.29) is 5.56 Å². The minimum absolute atomic E-state index is 0.247. The van der Waals surface area contributed by atoms with E-state index in [0.29, 0.717) is 34.0 Å². The van der Waals surface area contributed by atoms with Gasteiger partial charge in [-0.25, -0.2) is 4.98 Å². The van der Waals surface area contributed by atoms with E-state index in [2.05, 4.69) is 0 Å². The highest BCUT2D eigenvalue weighted by molar-refractivity contribution is 7.18. The lowest BCUT2D eigenvalue weighted by atomic mass is 10.1. The van der Waals surface area contributed by atoms with Crippen molar-refractivity contribution in [3.63, 3.8) is 0 Å². The molecule has 0 bridgehead atoms. The molecule has 2 aromatic heterocycles. The third kappa shape index (κ3) is 3.60. The standard InChI is InChI=1S/C20H23N3O4S/c1-5-13-10-14-19(28-13)22-17(23(20(14)25)11(2)18(21)24)9-12-6-7-15(26-3)16(8-12)27-4/h6-8,10-11H,5,9H2,1-4H3,(H2,21,24). The number of aromatic nitrogens is 2. The zero-order chi connectivity index (χ0) is 20.4. The molecule has 3 aromatic rings. The van der Waals surface area contributed by atoms with Crippen molar-refractivity contribution in [1.29, 1.82) is 0 Å². The van der Waals surface area contributed by atoms with Gasteiger partial charge in [0.1, 0.15) is 16.7 Å². The number of aryl methyl sites for hydroxylation is 1. The van der Waals surface area contributed by atoms with Crippen molar-refractivity contribution >= 4 is 27.5 Å². The number of nitrogens with zero attached hydrogens (tertiary/aromatic N) is 2. The van der Waals surface area contributed by atoms with E-state index < -0.39 is 11.9 Å². The topological polar surface area (TPSA) is 96.4 Å². The molecular formula is C20H23N3O4S. The van der Waals surface area contributed by atoms with E-state index in [9.17, 15) is 9.59 Å². The van der Waals surface area contributed by atoms with Crippen molar-refractivity contribution in [3.05, 3.63) is 50.9 Å². The average Bonchev–Trinajstić information content (AvgIpc) is 3.11. The number of amides is 1. The Hall–Kier alpha value is -2.87. The van der Waals surface area contributed by atoms with Crippen LogP contribution in [-0.4, -0.2) is 29.7 Å². The van der Waals surface area contributed by atoms with Gasteiger partial charge in [0, 0.05) is 11.3 Å². The Balaban J connectivity index is 2.17. The van der Waals surface area contributed by atoms with Crippen LogP contribution >= 0.6 is 11.3 Å². The first-order valence-corrected chi connectivity index (χ1v) is 9.75. The first-order valence-electron chi connectivity index (χ1n) is 8.93. The second-order valence-electron chi connectivity index (χ2n) is 6.43. The summed E-state index contributed by atoms with van der Waals surface area (Å²) < 4.78 is 12.0. The quantitative estimate of drug-likeness (QED) is 0.657.